The number of halogens is 2. The van der Waals surface area contributed by atoms with Gasteiger partial charge >= 0.3 is 5.97 Å². The van der Waals surface area contributed by atoms with Crippen LogP contribution < -0.4 is 10.1 Å². The number of nitrogens with one attached hydrogen (secondary N) is 1. The molecule has 0 spiro atoms. The first-order chi connectivity index (χ1) is 14.0. The molecule has 5 nitrogen and oxygen atoms in total. The molecule has 0 saturated carbocycles. The van der Waals surface area contributed by atoms with E-state index >= 15 is 0 Å². The summed E-state index contributed by atoms with van der Waals surface area (Å²) in [4.78, 5) is 23.8. The minimum absolute atomic E-state index is 0.210. The summed E-state index contributed by atoms with van der Waals surface area (Å²) in [5, 5.41) is 2.04. The molecule has 0 aromatic heterocycles. The highest BCUT2D eigenvalue weighted by Crippen LogP contribution is 2.18. The van der Waals surface area contributed by atoms with Gasteiger partial charge in [0.1, 0.15) is 29.7 Å². The molecular formula is C22H17F2NO4. The Labute approximate surface area is 165 Å². The van der Waals surface area contributed by atoms with Gasteiger partial charge in [0.25, 0.3) is 5.91 Å². The van der Waals surface area contributed by atoms with Gasteiger partial charge in [0.2, 0.25) is 0 Å². The van der Waals surface area contributed by atoms with Crippen molar-refractivity contribution in [2.24, 2.45) is 0 Å². The predicted molar refractivity (Wildman–Crippen MR) is 102 cm³/mol. The highest BCUT2D eigenvalue weighted by Gasteiger charge is 2.14. The minimum atomic E-state index is -0.921. The van der Waals surface area contributed by atoms with E-state index in [4.69, 9.17) is 9.47 Å². The van der Waals surface area contributed by atoms with Gasteiger partial charge in [-0.2, -0.15) is 0 Å². The van der Waals surface area contributed by atoms with Gasteiger partial charge in [-0.25, -0.2) is 13.6 Å². The highest BCUT2D eigenvalue weighted by atomic mass is 19.1. The smallest absolute Gasteiger partial charge is 0.338 e. The van der Waals surface area contributed by atoms with Gasteiger partial charge in [-0.1, -0.05) is 36.4 Å². The molecule has 0 unspecified atom stereocenters. The van der Waals surface area contributed by atoms with Crippen LogP contribution >= 0.6 is 0 Å². The van der Waals surface area contributed by atoms with Gasteiger partial charge in [-0.05, 0) is 42.0 Å². The zero-order chi connectivity index (χ0) is 20.6. The molecule has 0 aliphatic carbocycles. The number of ether oxygens (including phenoxy) is 2. The van der Waals surface area contributed by atoms with E-state index in [0.29, 0.717) is 12.4 Å². The van der Waals surface area contributed by atoms with Crippen LogP contribution in [0.15, 0.2) is 72.8 Å². The number of para-hydroxylation sites is 1. The minimum Gasteiger partial charge on any atom is -0.489 e. The SMILES string of the molecule is O=C(COC(=O)c1ccc(OCc2ccccc2)cc1)Nc1c(F)cccc1F. The Balaban J connectivity index is 1.49. The van der Waals surface area contributed by atoms with E-state index in [0.717, 1.165) is 17.7 Å². The lowest BCUT2D eigenvalue weighted by atomic mass is 10.2. The molecule has 0 aliphatic rings. The quantitative estimate of drug-likeness (QED) is 0.603. The van der Waals surface area contributed by atoms with E-state index in [1.807, 2.05) is 35.6 Å². The topological polar surface area (TPSA) is 64.6 Å². The standard InChI is InChI=1S/C22H17F2NO4/c23-18-7-4-8-19(24)21(18)25-20(26)14-29-22(27)16-9-11-17(12-10-16)28-13-15-5-2-1-3-6-15/h1-12H,13-14H2,(H,25,26). The molecule has 0 bridgehead atoms. The van der Waals surface area contributed by atoms with Gasteiger partial charge in [-0.15, -0.1) is 0 Å². The average molecular weight is 397 g/mol. The van der Waals surface area contributed by atoms with Crippen molar-refractivity contribution < 1.29 is 27.8 Å². The Morgan fingerprint density at radius 2 is 1.48 bits per heavy atom. The molecule has 3 aromatic carbocycles. The summed E-state index contributed by atoms with van der Waals surface area (Å²) in [5.74, 6) is -2.88. The van der Waals surface area contributed by atoms with Crippen LogP contribution in [0.5, 0.6) is 5.75 Å². The lowest BCUT2D eigenvalue weighted by molar-refractivity contribution is -0.119. The van der Waals surface area contributed by atoms with Crippen LogP contribution in [0.4, 0.5) is 14.5 Å². The molecule has 29 heavy (non-hydrogen) atoms. The summed E-state index contributed by atoms with van der Waals surface area (Å²) in [5.41, 5.74) is 0.628. The maximum absolute atomic E-state index is 13.5. The van der Waals surface area contributed by atoms with Gasteiger partial charge < -0.3 is 14.8 Å². The summed E-state index contributed by atoms with van der Waals surface area (Å²) in [7, 11) is 0. The van der Waals surface area contributed by atoms with E-state index in [1.165, 1.54) is 18.2 Å². The number of esters is 1. The number of rotatable bonds is 7. The third kappa shape index (κ3) is 5.62. The third-order valence-electron chi connectivity index (χ3n) is 3.90. The van der Waals surface area contributed by atoms with Gasteiger partial charge in [0.05, 0.1) is 5.56 Å². The van der Waals surface area contributed by atoms with Crippen molar-refractivity contribution in [2.75, 3.05) is 11.9 Å². The fourth-order valence-corrected chi connectivity index (χ4v) is 2.44. The third-order valence-corrected chi connectivity index (χ3v) is 3.90. The Morgan fingerprint density at radius 1 is 0.828 bits per heavy atom. The first kappa shape index (κ1) is 20.0. The van der Waals surface area contributed by atoms with Crippen LogP contribution in [0.3, 0.4) is 0 Å². The fraction of sp³-hybridized carbons (Fsp3) is 0.0909. The fourth-order valence-electron chi connectivity index (χ4n) is 2.44. The molecule has 7 heteroatoms. The second kappa shape index (κ2) is 9.45. The second-order valence-electron chi connectivity index (χ2n) is 6.02. The van der Waals surface area contributed by atoms with Crippen molar-refractivity contribution in [3.63, 3.8) is 0 Å². The second-order valence-corrected chi connectivity index (χ2v) is 6.02. The normalized spacial score (nSPS) is 10.3. The van der Waals surface area contributed by atoms with E-state index in [1.54, 1.807) is 12.1 Å². The molecule has 0 radical (unpaired) electrons. The van der Waals surface area contributed by atoms with Crippen LogP contribution in [0.2, 0.25) is 0 Å². The zero-order valence-corrected chi connectivity index (χ0v) is 15.2. The predicted octanol–water partition coefficient (Wildman–Crippen LogP) is 4.34. The van der Waals surface area contributed by atoms with Gasteiger partial charge in [0.15, 0.2) is 6.61 Å². The molecule has 0 aliphatic heterocycles. The van der Waals surface area contributed by atoms with E-state index in [-0.39, 0.29) is 5.56 Å². The van der Waals surface area contributed by atoms with E-state index < -0.39 is 35.8 Å². The Bertz CT molecular complexity index is 971. The molecule has 0 fully saturated rings. The average Bonchev–Trinajstić information content (AvgIpc) is 2.74. The van der Waals surface area contributed by atoms with Gasteiger partial charge in [-0.3, -0.25) is 4.79 Å². The van der Waals surface area contributed by atoms with Gasteiger partial charge in [0, 0.05) is 0 Å². The Hall–Kier alpha value is -3.74. The largest absolute Gasteiger partial charge is 0.489 e. The molecule has 0 heterocycles. The molecule has 0 atom stereocenters. The summed E-state index contributed by atoms with van der Waals surface area (Å²) in [6, 6.07) is 19.0. The molecule has 148 valence electrons. The number of hydrogen-bond donors (Lipinski definition) is 1. The summed E-state index contributed by atoms with van der Waals surface area (Å²) < 4.78 is 37.5. The molecule has 3 rings (SSSR count). The van der Waals surface area contributed by atoms with Crippen molar-refractivity contribution in [2.45, 2.75) is 6.61 Å². The van der Waals surface area contributed by atoms with Crippen LogP contribution in [0, 0.1) is 11.6 Å². The van der Waals surface area contributed by atoms with Crippen molar-refractivity contribution in [3.8, 4) is 5.75 Å². The first-order valence-electron chi connectivity index (χ1n) is 8.70. The maximum atomic E-state index is 13.5. The van der Waals surface area contributed by atoms with Crippen LogP contribution in [0.25, 0.3) is 0 Å². The first-order valence-corrected chi connectivity index (χ1v) is 8.70. The number of hydrogen-bond acceptors (Lipinski definition) is 4. The molecule has 3 aromatic rings. The van der Waals surface area contributed by atoms with E-state index in [9.17, 15) is 18.4 Å². The number of benzene rings is 3. The number of carbonyl (C=O) groups excluding carboxylic acids is 2. The van der Waals surface area contributed by atoms with Crippen LogP contribution in [-0.2, 0) is 16.1 Å². The summed E-state index contributed by atoms with van der Waals surface area (Å²) in [6.45, 7) is -0.295. The van der Waals surface area contributed by atoms with Crippen molar-refractivity contribution >= 4 is 17.6 Å². The number of carbonyl (C=O) groups is 2. The van der Waals surface area contributed by atoms with Crippen molar-refractivity contribution in [3.05, 3.63) is 95.6 Å². The molecule has 1 N–H and O–H groups in total. The Kier molecular flexibility index (Phi) is 6.52. The maximum Gasteiger partial charge on any atom is 0.338 e. The van der Waals surface area contributed by atoms with E-state index in [2.05, 4.69) is 0 Å². The lowest BCUT2D eigenvalue weighted by Gasteiger charge is -2.09. The number of amides is 1. The molecule has 0 saturated heterocycles. The Morgan fingerprint density at radius 3 is 2.14 bits per heavy atom. The number of anilines is 1. The lowest BCUT2D eigenvalue weighted by Crippen LogP contribution is -2.22. The summed E-state index contributed by atoms with van der Waals surface area (Å²) in [6.07, 6.45) is 0. The monoisotopic (exact) mass is 397 g/mol. The molecule has 1 amide bonds. The van der Waals surface area contributed by atoms with Crippen LogP contribution in [0.1, 0.15) is 15.9 Å². The molecular weight excluding hydrogens is 380 g/mol. The highest BCUT2D eigenvalue weighted by molar-refractivity contribution is 5.95. The summed E-state index contributed by atoms with van der Waals surface area (Å²) >= 11 is 0. The van der Waals surface area contributed by atoms with Crippen molar-refractivity contribution in [1.82, 2.24) is 0 Å². The van der Waals surface area contributed by atoms with Crippen LogP contribution in [-0.4, -0.2) is 18.5 Å². The zero-order valence-electron chi connectivity index (χ0n) is 15.2. The van der Waals surface area contributed by atoms with Crippen molar-refractivity contribution in [1.29, 1.82) is 0 Å².